The van der Waals surface area contributed by atoms with Crippen molar-refractivity contribution in [3.63, 3.8) is 0 Å². The van der Waals surface area contributed by atoms with Crippen LogP contribution < -0.4 is 15.5 Å². The van der Waals surface area contributed by atoms with Gasteiger partial charge in [0.15, 0.2) is 17.0 Å². The van der Waals surface area contributed by atoms with Crippen molar-refractivity contribution in [3.05, 3.63) is 98.7 Å². The lowest BCUT2D eigenvalue weighted by Gasteiger charge is -2.42. The first kappa shape index (κ1) is 29.5. The fraction of sp³-hybridized carbons (Fsp3) is 0.375. The quantitative estimate of drug-likeness (QED) is 0.412. The summed E-state index contributed by atoms with van der Waals surface area (Å²) in [5.41, 5.74) is -1.04. The Morgan fingerprint density at radius 2 is 1.89 bits per heavy atom. The van der Waals surface area contributed by atoms with Gasteiger partial charge in [-0.05, 0) is 31.7 Å². The Balaban J connectivity index is 1.45. The van der Waals surface area contributed by atoms with Gasteiger partial charge in [0.1, 0.15) is 29.6 Å². The second-order valence-electron chi connectivity index (χ2n) is 11.5. The van der Waals surface area contributed by atoms with Crippen LogP contribution in [0.4, 0.5) is 13.2 Å². The summed E-state index contributed by atoms with van der Waals surface area (Å²) < 4.78 is 49.6. The lowest BCUT2D eigenvalue weighted by Crippen LogP contribution is -2.52. The molecule has 3 aliphatic heterocycles. The molecule has 1 N–H and O–H groups in total. The average molecular weight is 609 g/mol. The number of nitrogens with one attached hydrogen (secondary N) is 1. The third-order valence-corrected chi connectivity index (χ3v) is 8.76. The molecule has 2 aromatic carbocycles. The zero-order chi connectivity index (χ0) is 31.2. The molecule has 12 heteroatoms. The number of oxime groups is 1. The molecule has 0 saturated carbocycles. The lowest BCUT2D eigenvalue weighted by atomic mass is 9.83. The Morgan fingerprint density at radius 3 is 2.57 bits per heavy atom. The van der Waals surface area contributed by atoms with Gasteiger partial charge in [0.25, 0.3) is 11.8 Å². The van der Waals surface area contributed by atoms with Gasteiger partial charge in [0.2, 0.25) is 5.43 Å². The molecule has 230 valence electrons. The molecule has 0 radical (unpaired) electrons. The van der Waals surface area contributed by atoms with Gasteiger partial charge >= 0.3 is 0 Å². The van der Waals surface area contributed by atoms with Crippen molar-refractivity contribution in [2.45, 2.75) is 70.4 Å². The van der Waals surface area contributed by atoms with Gasteiger partial charge in [-0.3, -0.25) is 14.4 Å². The number of ether oxygens (including phenoxy) is 1. The summed E-state index contributed by atoms with van der Waals surface area (Å²) in [7, 11) is 0. The second kappa shape index (κ2) is 11.5. The summed E-state index contributed by atoms with van der Waals surface area (Å²) in [4.78, 5) is 49.2. The van der Waals surface area contributed by atoms with E-state index in [2.05, 4.69) is 10.5 Å². The number of nitrogens with zero attached hydrogens (tertiary/aromatic N) is 3. The van der Waals surface area contributed by atoms with Crippen LogP contribution in [0, 0.1) is 17.5 Å². The topological polar surface area (TPSA) is 102 Å². The Kier molecular flexibility index (Phi) is 7.68. The number of hydrogen-bond acceptors (Lipinski definition) is 6. The van der Waals surface area contributed by atoms with Crippen molar-refractivity contribution < 1.29 is 32.3 Å². The van der Waals surface area contributed by atoms with Crippen LogP contribution >= 0.6 is 0 Å². The Hall–Kier alpha value is -4.61. The molecule has 9 nitrogen and oxygen atoms in total. The van der Waals surface area contributed by atoms with E-state index in [9.17, 15) is 27.6 Å². The van der Waals surface area contributed by atoms with Crippen molar-refractivity contribution >= 4 is 17.5 Å². The summed E-state index contributed by atoms with van der Waals surface area (Å²) in [6.07, 6.45) is 3.70. The predicted octanol–water partition coefficient (Wildman–Crippen LogP) is 4.88. The molecule has 0 unspecified atom stereocenters. The minimum absolute atomic E-state index is 0.00368. The molecular formula is C32H31F3N4O5. The van der Waals surface area contributed by atoms with E-state index in [1.807, 2.05) is 19.9 Å². The number of pyridine rings is 1. The maximum atomic E-state index is 14.3. The van der Waals surface area contributed by atoms with Gasteiger partial charge in [-0.2, -0.15) is 0 Å². The molecule has 3 aliphatic rings. The molecule has 3 atom stereocenters. The Morgan fingerprint density at radius 1 is 1.16 bits per heavy atom. The molecule has 4 heterocycles. The molecule has 1 spiro atoms. The van der Waals surface area contributed by atoms with E-state index in [0.717, 1.165) is 11.3 Å². The van der Waals surface area contributed by atoms with Crippen LogP contribution in [0.15, 0.2) is 58.6 Å². The smallest absolute Gasteiger partial charge is 0.274 e. The highest BCUT2D eigenvalue weighted by Gasteiger charge is 2.54. The SMILES string of the molecule is CCC1=NO[C@@]2(CC[C@H](C)N3C[C@H]2n2cc(C(=O)NCc4c(F)cc(F)cc4F)c(=O)c(OCc4ccccc4)c2C3=O)C1. The van der Waals surface area contributed by atoms with Crippen molar-refractivity contribution in [1.29, 1.82) is 0 Å². The van der Waals surface area contributed by atoms with E-state index < -0.39 is 58.4 Å². The van der Waals surface area contributed by atoms with E-state index in [4.69, 9.17) is 9.57 Å². The molecule has 6 rings (SSSR count). The first-order valence-corrected chi connectivity index (χ1v) is 14.5. The highest BCUT2D eigenvalue weighted by molar-refractivity contribution is 5.99. The normalized spacial score (nSPS) is 22.2. The van der Waals surface area contributed by atoms with Crippen molar-refractivity contribution in [1.82, 2.24) is 14.8 Å². The summed E-state index contributed by atoms with van der Waals surface area (Å²) in [5, 5.41) is 6.70. The van der Waals surface area contributed by atoms with Crippen molar-refractivity contribution in [2.75, 3.05) is 6.54 Å². The number of rotatable bonds is 7. The van der Waals surface area contributed by atoms with Crippen LogP contribution in [-0.2, 0) is 18.0 Å². The standard InChI is InChI=1S/C32H31F3N4O5/c1-3-21-13-32(44-37-21)10-9-18(2)38-16-26(32)39-15-23(30(41)36-14-22-24(34)11-20(33)12-25(22)35)28(40)29(27(39)31(38)42)43-17-19-7-5-4-6-8-19/h4-8,11-12,15,18,26H,3,9-10,13-14,16-17H2,1-2H3,(H,36,41)/t18-,26+,32-/m0/s1. The van der Waals surface area contributed by atoms with E-state index in [-0.39, 0.29) is 36.2 Å². The first-order chi connectivity index (χ1) is 21.1. The molecule has 3 aromatic rings. The zero-order valence-electron chi connectivity index (χ0n) is 24.2. The van der Waals surface area contributed by atoms with Crippen molar-refractivity contribution in [3.8, 4) is 5.75 Å². The van der Waals surface area contributed by atoms with Gasteiger partial charge in [0, 0.05) is 49.4 Å². The maximum absolute atomic E-state index is 14.3. The summed E-state index contributed by atoms with van der Waals surface area (Å²) >= 11 is 0. The number of fused-ring (bicyclic) bond motifs is 5. The molecule has 44 heavy (non-hydrogen) atoms. The summed E-state index contributed by atoms with van der Waals surface area (Å²) in [6, 6.07) is 9.36. The van der Waals surface area contributed by atoms with Crippen LogP contribution in [0.2, 0.25) is 0 Å². The molecular weight excluding hydrogens is 577 g/mol. The lowest BCUT2D eigenvalue weighted by molar-refractivity contribution is -0.0656. The summed E-state index contributed by atoms with van der Waals surface area (Å²) in [5.74, 6) is -5.12. The highest BCUT2D eigenvalue weighted by Crippen LogP contribution is 2.46. The van der Waals surface area contributed by atoms with Crippen LogP contribution in [0.3, 0.4) is 0 Å². The van der Waals surface area contributed by atoms with Crippen LogP contribution in [0.1, 0.15) is 77.5 Å². The molecule has 2 amide bonds. The first-order valence-electron chi connectivity index (χ1n) is 14.5. The predicted molar refractivity (Wildman–Crippen MR) is 154 cm³/mol. The Labute approximate surface area is 251 Å². The second-order valence-corrected chi connectivity index (χ2v) is 11.5. The molecule has 1 fully saturated rings. The molecule has 2 bridgehead atoms. The minimum Gasteiger partial charge on any atom is -0.483 e. The minimum atomic E-state index is -1.18. The molecule has 0 aliphatic carbocycles. The van der Waals surface area contributed by atoms with E-state index in [1.54, 1.807) is 33.7 Å². The monoisotopic (exact) mass is 608 g/mol. The summed E-state index contributed by atoms with van der Waals surface area (Å²) in [6.45, 7) is 3.48. The number of carbonyl (C=O) groups is 2. The van der Waals surface area contributed by atoms with E-state index >= 15 is 0 Å². The third kappa shape index (κ3) is 5.11. The average Bonchev–Trinajstić information content (AvgIpc) is 3.38. The zero-order valence-corrected chi connectivity index (χ0v) is 24.2. The molecule has 1 saturated heterocycles. The van der Waals surface area contributed by atoms with Crippen molar-refractivity contribution in [2.24, 2.45) is 5.16 Å². The number of hydrogen-bond donors (Lipinski definition) is 1. The number of carbonyl (C=O) groups excluding carboxylic acids is 2. The molecule has 1 aromatic heterocycles. The fourth-order valence-corrected chi connectivity index (χ4v) is 6.23. The van der Waals surface area contributed by atoms with Crippen LogP contribution in [-0.4, -0.2) is 45.2 Å². The third-order valence-electron chi connectivity index (χ3n) is 8.76. The number of amides is 2. The van der Waals surface area contributed by atoms with Crippen LogP contribution in [0.25, 0.3) is 0 Å². The van der Waals surface area contributed by atoms with Gasteiger partial charge in [0.05, 0.1) is 11.8 Å². The highest BCUT2D eigenvalue weighted by atomic mass is 19.1. The Bertz CT molecular complexity index is 1700. The van der Waals surface area contributed by atoms with E-state index in [1.165, 1.54) is 6.20 Å². The van der Waals surface area contributed by atoms with Gasteiger partial charge in [-0.25, -0.2) is 13.2 Å². The maximum Gasteiger partial charge on any atom is 0.274 e. The fourth-order valence-electron chi connectivity index (χ4n) is 6.23. The van der Waals surface area contributed by atoms with E-state index in [0.29, 0.717) is 37.8 Å². The number of halogens is 3. The number of aromatic nitrogens is 1. The van der Waals surface area contributed by atoms with Gasteiger partial charge in [-0.15, -0.1) is 0 Å². The largest absolute Gasteiger partial charge is 0.483 e. The van der Waals surface area contributed by atoms with Gasteiger partial charge in [-0.1, -0.05) is 42.4 Å². The van der Waals surface area contributed by atoms with Gasteiger partial charge < -0.3 is 24.4 Å². The van der Waals surface area contributed by atoms with Crippen LogP contribution in [0.5, 0.6) is 5.75 Å². The number of benzene rings is 2.